The summed E-state index contributed by atoms with van der Waals surface area (Å²) >= 11 is 0. The van der Waals surface area contributed by atoms with Gasteiger partial charge in [0.2, 0.25) is 5.65 Å². The quantitative estimate of drug-likeness (QED) is 0.552. The molecule has 0 aliphatic carbocycles. The topological polar surface area (TPSA) is 101 Å². The van der Waals surface area contributed by atoms with Crippen molar-refractivity contribution in [3.8, 4) is 17.7 Å². The average molecular weight is 266 g/mol. The maximum Gasteiger partial charge on any atom is 0.265 e. The average Bonchev–Trinajstić information content (AvgIpc) is 2.96. The fourth-order valence-corrected chi connectivity index (χ4v) is 1.78. The molecule has 7 heteroatoms. The van der Waals surface area contributed by atoms with Crippen LogP contribution < -0.4 is 16.0 Å². The van der Waals surface area contributed by atoms with Crippen molar-refractivity contribution in [2.75, 3.05) is 5.43 Å². The number of aromatic nitrogens is 3. The summed E-state index contributed by atoms with van der Waals surface area (Å²) < 4.78 is 7.44. The van der Waals surface area contributed by atoms with Crippen LogP contribution in [0.3, 0.4) is 0 Å². The molecule has 0 saturated heterocycles. The van der Waals surface area contributed by atoms with E-state index < -0.39 is 0 Å². The summed E-state index contributed by atoms with van der Waals surface area (Å²) in [5.74, 6) is 6.63. The highest BCUT2D eigenvalue weighted by molar-refractivity contribution is 5.55. The van der Waals surface area contributed by atoms with Gasteiger partial charge in [-0.3, -0.25) is 4.40 Å². The van der Waals surface area contributed by atoms with E-state index in [1.54, 1.807) is 47.3 Å². The summed E-state index contributed by atoms with van der Waals surface area (Å²) in [6.45, 7) is 0. The van der Waals surface area contributed by atoms with Crippen LogP contribution >= 0.6 is 0 Å². The van der Waals surface area contributed by atoms with Gasteiger partial charge in [0.25, 0.3) is 5.88 Å². The highest BCUT2D eigenvalue weighted by Gasteiger charge is 2.09. The van der Waals surface area contributed by atoms with Gasteiger partial charge in [0, 0.05) is 12.4 Å². The Balaban J connectivity index is 2.05. The third-order valence-electron chi connectivity index (χ3n) is 2.67. The number of anilines is 1. The highest BCUT2D eigenvalue weighted by Crippen LogP contribution is 2.25. The van der Waals surface area contributed by atoms with E-state index in [0.29, 0.717) is 28.7 Å². The van der Waals surface area contributed by atoms with E-state index in [1.807, 2.05) is 0 Å². The molecule has 7 nitrogen and oxygen atoms in total. The molecule has 98 valence electrons. The van der Waals surface area contributed by atoms with Gasteiger partial charge in [-0.15, -0.1) is 0 Å². The molecule has 20 heavy (non-hydrogen) atoms. The number of imidazole rings is 1. The molecule has 0 aliphatic heterocycles. The largest absolute Gasteiger partial charge is 0.436 e. The fourth-order valence-electron chi connectivity index (χ4n) is 1.78. The van der Waals surface area contributed by atoms with Crippen molar-refractivity contribution in [1.29, 1.82) is 5.26 Å². The predicted octanol–water partition coefficient (Wildman–Crippen LogP) is 1.68. The van der Waals surface area contributed by atoms with Gasteiger partial charge in [0.1, 0.15) is 5.75 Å². The van der Waals surface area contributed by atoms with E-state index in [9.17, 15) is 0 Å². The van der Waals surface area contributed by atoms with Crippen LogP contribution in [-0.4, -0.2) is 14.4 Å². The second kappa shape index (κ2) is 4.87. The molecule has 3 rings (SSSR count). The minimum atomic E-state index is 0.306. The third-order valence-corrected chi connectivity index (χ3v) is 2.67. The monoisotopic (exact) mass is 266 g/mol. The Morgan fingerprint density at radius 1 is 1.40 bits per heavy atom. The number of nitrogens with one attached hydrogen (secondary N) is 1. The Labute approximate surface area is 114 Å². The molecule has 0 saturated carbocycles. The van der Waals surface area contributed by atoms with Crippen molar-refractivity contribution in [3.05, 3.63) is 48.4 Å². The lowest BCUT2D eigenvalue weighted by Gasteiger charge is -2.08. The molecule has 0 aliphatic rings. The number of benzene rings is 1. The normalized spacial score (nSPS) is 10.2. The molecule has 0 fully saturated rings. The first kappa shape index (κ1) is 12.0. The van der Waals surface area contributed by atoms with Crippen LogP contribution in [0, 0.1) is 11.3 Å². The summed E-state index contributed by atoms with van der Waals surface area (Å²) in [7, 11) is 0. The van der Waals surface area contributed by atoms with Gasteiger partial charge in [0.15, 0.2) is 5.82 Å². The summed E-state index contributed by atoms with van der Waals surface area (Å²) in [5.41, 5.74) is 3.54. The first-order chi connectivity index (χ1) is 9.80. The van der Waals surface area contributed by atoms with Crippen LogP contribution in [0.25, 0.3) is 5.65 Å². The van der Waals surface area contributed by atoms with E-state index in [2.05, 4.69) is 21.5 Å². The number of hydrazine groups is 1. The van der Waals surface area contributed by atoms with Crippen molar-refractivity contribution in [3.63, 3.8) is 0 Å². The lowest BCUT2D eigenvalue weighted by atomic mass is 10.2. The molecule has 2 aromatic heterocycles. The zero-order valence-corrected chi connectivity index (χ0v) is 10.3. The number of nitriles is 1. The van der Waals surface area contributed by atoms with Crippen LogP contribution in [0.5, 0.6) is 11.6 Å². The van der Waals surface area contributed by atoms with Gasteiger partial charge in [0.05, 0.1) is 17.8 Å². The smallest absolute Gasteiger partial charge is 0.265 e. The second-order valence-corrected chi connectivity index (χ2v) is 3.98. The fraction of sp³-hybridized carbons (Fsp3) is 0. The van der Waals surface area contributed by atoms with Gasteiger partial charge < -0.3 is 10.2 Å². The van der Waals surface area contributed by atoms with Crippen molar-refractivity contribution in [2.24, 2.45) is 5.84 Å². The Morgan fingerprint density at radius 2 is 2.30 bits per heavy atom. The van der Waals surface area contributed by atoms with Crippen molar-refractivity contribution < 1.29 is 4.74 Å². The minimum absolute atomic E-state index is 0.306. The molecule has 0 radical (unpaired) electrons. The second-order valence-electron chi connectivity index (χ2n) is 3.98. The van der Waals surface area contributed by atoms with Crippen molar-refractivity contribution in [2.45, 2.75) is 0 Å². The Morgan fingerprint density at radius 3 is 3.10 bits per heavy atom. The number of nitrogen functional groups attached to an aromatic ring is 1. The number of nitrogens with zero attached hydrogens (tertiary/aromatic N) is 4. The molecule has 0 atom stereocenters. The maximum atomic E-state index is 8.88. The standard InChI is InChI=1S/C13H10N6O/c14-7-9-2-1-3-10(6-9)20-13-12-16-4-5-19(12)8-11(17-13)18-15/h1-6,8,18H,15H2. The molecule has 1 aromatic carbocycles. The van der Waals surface area contributed by atoms with E-state index in [4.69, 9.17) is 15.8 Å². The van der Waals surface area contributed by atoms with Crippen molar-refractivity contribution in [1.82, 2.24) is 14.4 Å². The number of nitrogens with two attached hydrogens (primary N) is 1. The van der Waals surface area contributed by atoms with Crippen molar-refractivity contribution >= 4 is 11.5 Å². The van der Waals surface area contributed by atoms with Gasteiger partial charge in [-0.25, -0.2) is 10.8 Å². The molecular weight excluding hydrogens is 256 g/mol. The lowest BCUT2D eigenvalue weighted by Crippen LogP contribution is -2.10. The van der Waals surface area contributed by atoms with Crippen LogP contribution in [0.4, 0.5) is 5.82 Å². The van der Waals surface area contributed by atoms with E-state index in [-0.39, 0.29) is 0 Å². The molecule has 3 aromatic rings. The summed E-state index contributed by atoms with van der Waals surface area (Å²) in [6.07, 6.45) is 5.09. The zero-order valence-electron chi connectivity index (χ0n) is 10.3. The Hall–Kier alpha value is -3.11. The number of ether oxygens (including phenoxy) is 1. The minimum Gasteiger partial charge on any atom is -0.436 e. The highest BCUT2D eigenvalue weighted by atomic mass is 16.5. The molecule has 3 N–H and O–H groups in total. The summed E-state index contributed by atoms with van der Waals surface area (Å²) in [5, 5.41) is 8.88. The third kappa shape index (κ3) is 2.11. The molecule has 0 unspecified atom stereocenters. The van der Waals surface area contributed by atoms with E-state index in [1.165, 1.54) is 0 Å². The van der Waals surface area contributed by atoms with E-state index in [0.717, 1.165) is 0 Å². The number of hydrogen-bond donors (Lipinski definition) is 2. The number of hydrogen-bond acceptors (Lipinski definition) is 6. The number of fused-ring (bicyclic) bond motifs is 1. The molecule has 0 spiro atoms. The summed E-state index contributed by atoms with van der Waals surface area (Å²) in [4.78, 5) is 8.39. The lowest BCUT2D eigenvalue weighted by molar-refractivity contribution is 0.465. The molecular formula is C13H10N6O. The predicted molar refractivity (Wildman–Crippen MR) is 72.0 cm³/mol. The van der Waals surface area contributed by atoms with Crippen LogP contribution in [0.2, 0.25) is 0 Å². The Kier molecular flexibility index (Phi) is 2.91. The van der Waals surface area contributed by atoms with Gasteiger partial charge in [-0.05, 0) is 18.2 Å². The first-order valence-corrected chi connectivity index (χ1v) is 5.78. The zero-order chi connectivity index (χ0) is 13.9. The first-order valence-electron chi connectivity index (χ1n) is 5.78. The number of rotatable bonds is 3. The Bertz CT molecular complexity index is 804. The SMILES string of the molecule is N#Cc1cccc(Oc2nc(NN)cn3ccnc23)c1. The molecule has 2 heterocycles. The van der Waals surface area contributed by atoms with E-state index >= 15 is 0 Å². The summed E-state index contributed by atoms with van der Waals surface area (Å²) in [6, 6.07) is 8.86. The molecule has 0 bridgehead atoms. The van der Waals surface area contributed by atoms with Crippen LogP contribution in [0.1, 0.15) is 5.56 Å². The van der Waals surface area contributed by atoms with Gasteiger partial charge in [-0.2, -0.15) is 10.2 Å². The van der Waals surface area contributed by atoms with Gasteiger partial charge in [-0.1, -0.05) is 6.07 Å². The van der Waals surface area contributed by atoms with Gasteiger partial charge >= 0.3 is 0 Å². The van der Waals surface area contributed by atoms with Crippen LogP contribution in [0.15, 0.2) is 42.9 Å². The maximum absolute atomic E-state index is 8.88. The molecule has 0 amide bonds. The van der Waals surface area contributed by atoms with Crippen LogP contribution in [-0.2, 0) is 0 Å².